The van der Waals surface area contributed by atoms with Crippen LogP contribution in [0.3, 0.4) is 0 Å². The lowest BCUT2D eigenvalue weighted by molar-refractivity contribution is -0.870. The molecule has 0 aromatic carbocycles. The van der Waals surface area contributed by atoms with Crippen LogP contribution >= 0.6 is 7.82 Å². The fourth-order valence-corrected chi connectivity index (χ4v) is 11.3. The number of phosphoric ester groups is 1. The number of nitrogens with one attached hydrogen (secondary N) is 1. The number of hydrogen-bond donors (Lipinski definition) is 2. The zero-order valence-corrected chi connectivity index (χ0v) is 54.9. The molecule has 0 spiro atoms. The molecule has 80 heavy (non-hydrogen) atoms. The van der Waals surface area contributed by atoms with Gasteiger partial charge in [0, 0.05) is 6.42 Å². The molecule has 0 saturated heterocycles. The minimum absolute atomic E-state index is 0.000434. The molecule has 0 aromatic heterocycles. The fraction of sp³-hybridized carbons (Fsp3) is 0.873. The van der Waals surface area contributed by atoms with E-state index in [1.54, 1.807) is 6.08 Å². The van der Waals surface area contributed by atoms with Crippen molar-refractivity contribution in [1.82, 2.24) is 5.32 Å². The number of carbonyl (C=O) groups is 1. The normalized spacial score (nSPS) is 13.9. The third kappa shape index (κ3) is 64.0. The SMILES string of the molecule is CCCCCCC/C=C\C/C=C\C/C=C\CCCCCCCCCCCCCCCCCCCCCCC(=O)NC(COP(=O)([O-])OCC[N+](C)(C)C)C(O)/C=C/CCCCCCCCCCCCCCCCCCCCCCC. The van der Waals surface area contributed by atoms with Gasteiger partial charge in [0.1, 0.15) is 13.2 Å². The van der Waals surface area contributed by atoms with E-state index in [1.807, 2.05) is 27.2 Å². The van der Waals surface area contributed by atoms with Crippen molar-refractivity contribution in [3.63, 3.8) is 0 Å². The minimum Gasteiger partial charge on any atom is -0.756 e. The summed E-state index contributed by atoms with van der Waals surface area (Å²) in [7, 11) is 1.28. The molecule has 0 aliphatic rings. The van der Waals surface area contributed by atoms with Gasteiger partial charge in [-0.25, -0.2) is 0 Å². The molecule has 0 aliphatic heterocycles. The topological polar surface area (TPSA) is 108 Å². The second-order valence-corrected chi connectivity index (χ2v) is 26.7. The number of hydrogen-bond acceptors (Lipinski definition) is 6. The Morgan fingerprint density at radius 2 is 0.725 bits per heavy atom. The van der Waals surface area contributed by atoms with Crippen LogP contribution < -0.4 is 10.2 Å². The largest absolute Gasteiger partial charge is 0.756 e. The molecule has 0 bridgehead atoms. The van der Waals surface area contributed by atoms with Crippen LogP contribution in [0.25, 0.3) is 0 Å². The number of allylic oxidation sites excluding steroid dienone is 7. The number of aliphatic hydroxyl groups excluding tert-OH is 1. The van der Waals surface area contributed by atoms with Crippen molar-refractivity contribution in [2.24, 2.45) is 0 Å². The van der Waals surface area contributed by atoms with Gasteiger partial charge in [-0.1, -0.05) is 332 Å². The first kappa shape index (κ1) is 78.5. The van der Waals surface area contributed by atoms with Crippen molar-refractivity contribution in [2.75, 3.05) is 40.9 Å². The van der Waals surface area contributed by atoms with Crippen LogP contribution in [0.5, 0.6) is 0 Å². The van der Waals surface area contributed by atoms with E-state index in [2.05, 4.69) is 55.6 Å². The molecular weight excluding hydrogens is 1010 g/mol. The first-order valence-corrected chi connectivity index (χ1v) is 36.5. The van der Waals surface area contributed by atoms with E-state index in [0.717, 1.165) is 51.4 Å². The lowest BCUT2D eigenvalue weighted by Crippen LogP contribution is -2.45. The number of quaternary nitrogens is 1. The highest BCUT2D eigenvalue weighted by Gasteiger charge is 2.23. The summed E-state index contributed by atoms with van der Waals surface area (Å²) in [6.07, 6.45) is 83.7. The molecule has 3 unspecified atom stereocenters. The molecule has 0 fully saturated rings. The molecule has 0 radical (unpaired) electrons. The average Bonchev–Trinajstić information content (AvgIpc) is 3.42. The predicted octanol–water partition coefficient (Wildman–Crippen LogP) is 21.6. The maximum absolute atomic E-state index is 13.0. The number of unbranched alkanes of at least 4 members (excludes halogenated alkanes) is 46. The predicted molar refractivity (Wildman–Crippen MR) is 348 cm³/mol. The van der Waals surface area contributed by atoms with Crippen LogP contribution in [0.1, 0.15) is 348 Å². The maximum Gasteiger partial charge on any atom is 0.268 e. The van der Waals surface area contributed by atoms with E-state index in [0.29, 0.717) is 17.4 Å². The van der Waals surface area contributed by atoms with E-state index in [1.165, 1.54) is 276 Å². The van der Waals surface area contributed by atoms with Crippen LogP contribution in [0.2, 0.25) is 0 Å². The Labute approximate surface area is 499 Å². The molecule has 2 N–H and O–H groups in total. The lowest BCUT2D eigenvalue weighted by Gasteiger charge is -2.29. The molecule has 0 rings (SSSR count). The zero-order chi connectivity index (χ0) is 58.4. The Hall–Kier alpha value is -1.54. The quantitative estimate of drug-likeness (QED) is 0.0272. The van der Waals surface area contributed by atoms with Gasteiger partial charge in [0.15, 0.2) is 0 Å². The number of nitrogens with zero attached hydrogens (tertiary/aromatic N) is 1. The fourth-order valence-electron chi connectivity index (χ4n) is 10.6. The summed E-state index contributed by atoms with van der Waals surface area (Å²) in [5, 5.41) is 14.0. The standard InChI is InChI=1S/C71H137N2O6P/c1-6-8-10-12-14-16-18-20-22-24-26-28-30-31-32-33-34-35-36-37-38-39-40-41-43-45-47-49-51-53-55-57-59-61-63-65-71(75)72-69(68-79-80(76,77)78-67-66-73(3,4)5)70(74)64-62-60-58-56-54-52-50-48-46-44-42-29-27-25-23-21-19-17-15-13-11-9-7-2/h18,20,24,26,30-31,62,64,69-70,74H,6-17,19,21-23,25,27-29,32-61,63,65-68H2,1-5H3,(H-,72,75,76,77)/b20-18-,26-24-,31-30-,64-62+. The second kappa shape index (κ2) is 62.0. The Morgan fingerprint density at radius 1 is 0.438 bits per heavy atom. The van der Waals surface area contributed by atoms with Crippen molar-refractivity contribution >= 4 is 13.7 Å². The number of likely N-dealkylation sites (N-methyl/N-ethyl adjacent to an activating group) is 1. The van der Waals surface area contributed by atoms with Crippen molar-refractivity contribution in [1.29, 1.82) is 0 Å². The number of amides is 1. The minimum atomic E-state index is -4.60. The Bertz CT molecular complexity index is 1440. The van der Waals surface area contributed by atoms with Gasteiger partial charge in [-0.3, -0.25) is 9.36 Å². The third-order valence-electron chi connectivity index (χ3n) is 16.0. The van der Waals surface area contributed by atoms with Gasteiger partial charge >= 0.3 is 0 Å². The summed E-state index contributed by atoms with van der Waals surface area (Å²) in [5.41, 5.74) is 0. The maximum atomic E-state index is 13.0. The molecule has 0 aliphatic carbocycles. The zero-order valence-electron chi connectivity index (χ0n) is 54.0. The van der Waals surface area contributed by atoms with Crippen LogP contribution in [0, 0.1) is 0 Å². The molecule has 1 amide bonds. The molecule has 472 valence electrons. The van der Waals surface area contributed by atoms with E-state index in [-0.39, 0.29) is 19.1 Å². The number of phosphoric acid groups is 1. The van der Waals surface area contributed by atoms with Gasteiger partial charge in [-0.15, -0.1) is 0 Å². The monoisotopic (exact) mass is 1150 g/mol. The molecule has 9 heteroatoms. The van der Waals surface area contributed by atoms with Gasteiger partial charge in [0.05, 0.1) is 39.9 Å². The lowest BCUT2D eigenvalue weighted by atomic mass is 10.0. The van der Waals surface area contributed by atoms with E-state index in [4.69, 9.17) is 9.05 Å². The number of rotatable bonds is 65. The smallest absolute Gasteiger partial charge is 0.268 e. The molecule has 8 nitrogen and oxygen atoms in total. The Kier molecular flexibility index (Phi) is 60.8. The summed E-state index contributed by atoms with van der Waals surface area (Å²) < 4.78 is 23.5. The highest BCUT2D eigenvalue weighted by molar-refractivity contribution is 7.45. The van der Waals surface area contributed by atoms with Crippen LogP contribution in [-0.4, -0.2) is 68.5 Å². The van der Waals surface area contributed by atoms with Gasteiger partial charge in [0.25, 0.3) is 7.82 Å². The van der Waals surface area contributed by atoms with Crippen molar-refractivity contribution in [3.05, 3.63) is 48.6 Å². The summed E-state index contributed by atoms with van der Waals surface area (Å²) in [5.74, 6) is -0.191. The van der Waals surface area contributed by atoms with Crippen LogP contribution in [0.4, 0.5) is 0 Å². The number of carbonyl (C=O) groups excluding carboxylic acids is 1. The number of aliphatic hydroxyl groups is 1. The van der Waals surface area contributed by atoms with Gasteiger partial charge in [-0.05, 0) is 57.8 Å². The molecule has 3 atom stereocenters. The Balaban J connectivity index is 4.02. The summed E-state index contributed by atoms with van der Waals surface area (Å²) >= 11 is 0. The van der Waals surface area contributed by atoms with Crippen molar-refractivity contribution in [2.45, 2.75) is 360 Å². The van der Waals surface area contributed by atoms with Gasteiger partial charge in [0.2, 0.25) is 5.91 Å². The van der Waals surface area contributed by atoms with E-state index >= 15 is 0 Å². The first-order chi connectivity index (χ1) is 39.0. The van der Waals surface area contributed by atoms with Gasteiger partial charge in [-0.2, -0.15) is 0 Å². The van der Waals surface area contributed by atoms with Crippen LogP contribution in [-0.2, 0) is 18.4 Å². The third-order valence-corrected chi connectivity index (χ3v) is 17.0. The molecule has 0 saturated carbocycles. The molecule has 0 aromatic rings. The summed E-state index contributed by atoms with van der Waals surface area (Å²) in [4.78, 5) is 25.6. The highest BCUT2D eigenvalue weighted by Crippen LogP contribution is 2.38. The highest BCUT2D eigenvalue weighted by atomic mass is 31.2. The van der Waals surface area contributed by atoms with E-state index in [9.17, 15) is 19.4 Å². The summed E-state index contributed by atoms with van der Waals surface area (Å²) in [6.45, 7) is 4.69. The molecular formula is C71H137N2O6P. The average molecular weight is 1150 g/mol. The van der Waals surface area contributed by atoms with Crippen LogP contribution in [0.15, 0.2) is 48.6 Å². The Morgan fingerprint density at radius 3 is 1.05 bits per heavy atom. The van der Waals surface area contributed by atoms with Crippen molar-refractivity contribution < 1.29 is 32.9 Å². The molecule has 0 heterocycles. The summed E-state index contributed by atoms with van der Waals surface area (Å²) in [6, 6.07) is -0.887. The van der Waals surface area contributed by atoms with Crippen molar-refractivity contribution in [3.8, 4) is 0 Å². The van der Waals surface area contributed by atoms with Gasteiger partial charge < -0.3 is 28.8 Å². The first-order valence-electron chi connectivity index (χ1n) is 35.0. The van der Waals surface area contributed by atoms with E-state index < -0.39 is 20.0 Å². The second-order valence-electron chi connectivity index (χ2n) is 25.2.